The third-order valence-electron chi connectivity index (χ3n) is 5.15. The summed E-state index contributed by atoms with van der Waals surface area (Å²) in [4.78, 5) is 13.7. The van der Waals surface area contributed by atoms with Crippen LogP contribution in [-0.2, 0) is 14.8 Å². The van der Waals surface area contributed by atoms with Crippen molar-refractivity contribution < 1.29 is 18.1 Å². The summed E-state index contributed by atoms with van der Waals surface area (Å²) < 4.78 is 27.0. The molecule has 1 aliphatic heterocycles. The molecule has 0 saturated carbocycles. The zero-order valence-corrected chi connectivity index (χ0v) is 17.6. The van der Waals surface area contributed by atoms with Crippen molar-refractivity contribution in [3.63, 3.8) is 0 Å². The molecule has 1 fully saturated rings. The van der Waals surface area contributed by atoms with Crippen molar-refractivity contribution in [3.8, 4) is 0 Å². The molecule has 150 valence electrons. The van der Waals surface area contributed by atoms with Gasteiger partial charge in [0.15, 0.2) is 6.54 Å². The Morgan fingerprint density at radius 2 is 1.82 bits per heavy atom. The molecule has 2 aromatic rings. The molecule has 6 nitrogen and oxygen atoms in total. The second kappa shape index (κ2) is 8.61. The number of anilines is 1. The fourth-order valence-corrected chi connectivity index (χ4v) is 5.05. The van der Waals surface area contributed by atoms with E-state index in [4.69, 9.17) is 11.6 Å². The number of amides is 1. The lowest BCUT2D eigenvalue weighted by atomic mass is 10.1. The standard InChI is InChI=1S/C20H24ClN3O3S/c1-15-5-3-8-19(16(15)2)22-20(25)14-23-9-11-24(12-10-23)28(26,27)18-7-4-6-17(21)13-18/h3-8,13H,9-12,14H2,1-2H3,(H,22,25)/p+1. The summed E-state index contributed by atoms with van der Waals surface area (Å²) >= 11 is 5.93. The van der Waals surface area contributed by atoms with Crippen LogP contribution in [0, 0.1) is 13.8 Å². The highest BCUT2D eigenvalue weighted by atomic mass is 35.5. The van der Waals surface area contributed by atoms with Crippen molar-refractivity contribution >= 4 is 33.2 Å². The van der Waals surface area contributed by atoms with Gasteiger partial charge in [-0.1, -0.05) is 29.8 Å². The molecule has 0 unspecified atom stereocenters. The van der Waals surface area contributed by atoms with E-state index in [0.29, 0.717) is 37.7 Å². The highest BCUT2D eigenvalue weighted by Crippen LogP contribution is 2.20. The predicted molar refractivity (Wildman–Crippen MR) is 110 cm³/mol. The van der Waals surface area contributed by atoms with Crippen LogP contribution < -0.4 is 10.2 Å². The van der Waals surface area contributed by atoms with Crippen LogP contribution in [-0.4, -0.2) is 51.4 Å². The number of aryl methyl sites for hydroxylation is 1. The molecule has 28 heavy (non-hydrogen) atoms. The molecule has 3 rings (SSSR count). The lowest BCUT2D eigenvalue weighted by Gasteiger charge is -2.31. The number of carbonyl (C=O) groups is 1. The Morgan fingerprint density at radius 3 is 2.50 bits per heavy atom. The third-order valence-corrected chi connectivity index (χ3v) is 7.28. The number of quaternary nitrogens is 1. The van der Waals surface area contributed by atoms with E-state index in [9.17, 15) is 13.2 Å². The first-order valence-corrected chi connectivity index (χ1v) is 11.0. The number of piperazine rings is 1. The van der Waals surface area contributed by atoms with E-state index in [1.54, 1.807) is 18.2 Å². The third kappa shape index (κ3) is 4.72. The Balaban J connectivity index is 1.56. The summed E-state index contributed by atoms with van der Waals surface area (Å²) in [5, 5.41) is 3.36. The molecule has 1 heterocycles. The maximum atomic E-state index is 12.8. The highest BCUT2D eigenvalue weighted by Gasteiger charge is 2.31. The van der Waals surface area contributed by atoms with Crippen LogP contribution >= 0.6 is 11.6 Å². The van der Waals surface area contributed by atoms with E-state index in [-0.39, 0.29) is 10.8 Å². The van der Waals surface area contributed by atoms with Gasteiger partial charge in [0.05, 0.1) is 31.1 Å². The van der Waals surface area contributed by atoms with Gasteiger partial charge in [-0.25, -0.2) is 8.42 Å². The maximum absolute atomic E-state index is 12.8. The minimum absolute atomic E-state index is 0.0603. The van der Waals surface area contributed by atoms with Crippen molar-refractivity contribution in [2.45, 2.75) is 18.7 Å². The van der Waals surface area contributed by atoms with Gasteiger partial charge in [0.1, 0.15) is 0 Å². The molecule has 2 aromatic carbocycles. The van der Waals surface area contributed by atoms with E-state index in [1.165, 1.54) is 10.4 Å². The SMILES string of the molecule is Cc1cccc(NC(=O)C[NH+]2CCN(S(=O)(=O)c3cccc(Cl)c3)CC2)c1C. The van der Waals surface area contributed by atoms with Crippen LogP contribution in [0.3, 0.4) is 0 Å². The molecule has 8 heteroatoms. The zero-order chi connectivity index (χ0) is 20.3. The lowest BCUT2D eigenvalue weighted by molar-refractivity contribution is -0.895. The number of rotatable bonds is 5. The molecule has 1 amide bonds. The van der Waals surface area contributed by atoms with Crippen LogP contribution in [0.5, 0.6) is 0 Å². The summed E-state index contributed by atoms with van der Waals surface area (Å²) in [5.41, 5.74) is 3.01. The van der Waals surface area contributed by atoms with E-state index in [2.05, 4.69) is 5.32 Å². The van der Waals surface area contributed by atoms with Gasteiger partial charge in [0.25, 0.3) is 5.91 Å². The number of halogens is 1. The number of hydrogen-bond acceptors (Lipinski definition) is 3. The molecular formula is C20H25ClN3O3S+. The van der Waals surface area contributed by atoms with Gasteiger partial charge >= 0.3 is 0 Å². The van der Waals surface area contributed by atoms with Gasteiger partial charge in [0.2, 0.25) is 10.0 Å². The number of nitrogens with zero attached hydrogens (tertiary/aromatic N) is 1. The van der Waals surface area contributed by atoms with Crippen molar-refractivity contribution in [1.82, 2.24) is 4.31 Å². The Labute approximate surface area is 171 Å². The Morgan fingerprint density at radius 1 is 1.14 bits per heavy atom. The highest BCUT2D eigenvalue weighted by molar-refractivity contribution is 7.89. The first-order valence-electron chi connectivity index (χ1n) is 9.23. The number of nitrogens with one attached hydrogen (secondary N) is 2. The smallest absolute Gasteiger partial charge is 0.279 e. The fraction of sp³-hybridized carbons (Fsp3) is 0.350. The van der Waals surface area contributed by atoms with Crippen molar-refractivity contribution in [1.29, 1.82) is 0 Å². The lowest BCUT2D eigenvalue weighted by Crippen LogP contribution is -3.15. The number of carbonyl (C=O) groups excluding carboxylic acids is 1. The Kier molecular flexibility index (Phi) is 6.40. The van der Waals surface area contributed by atoms with Crippen molar-refractivity contribution in [2.24, 2.45) is 0 Å². The molecule has 0 bridgehead atoms. The molecule has 2 N–H and O–H groups in total. The number of sulfonamides is 1. The van der Waals surface area contributed by atoms with Crippen LogP contribution in [0.25, 0.3) is 0 Å². The monoisotopic (exact) mass is 422 g/mol. The summed E-state index contributed by atoms with van der Waals surface area (Å²) in [6.45, 7) is 6.23. The molecule has 0 aliphatic carbocycles. The van der Waals surface area contributed by atoms with Gasteiger partial charge < -0.3 is 10.2 Å². The quantitative estimate of drug-likeness (QED) is 0.766. The van der Waals surface area contributed by atoms with Gasteiger partial charge in [-0.05, 0) is 49.2 Å². The second-order valence-electron chi connectivity index (χ2n) is 7.08. The van der Waals surface area contributed by atoms with Crippen molar-refractivity contribution in [3.05, 3.63) is 58.6 Å². The van der Waals surface area contributed by atoms with Gasteiger partial charge in [-0.15, -0.1) is 0 Å². The van der Waals surface area contributed by atoms with Crippen LogP contribution in [0.4, 0.5) is 5.69 Å². The molecule has 0 aromatic heterocycles. The fourth-order valence-electron chi connectivity index (χ4n) is 3.30. The summed E-state index contributed by atoms with van der Waals surface area (Å²) in [6, 6.07) is 12.1. The molecular weight excluding hydrogens is 398 g/mol. The second-order valence-corrected chi connectivity index (χ2v) is 9.46. The van der Waals surface area contributed by atoms with E-state index < -0.39 is 10.0 Å². The van der Waals surface area contributed by atoms with E-state index in [1.807, 2.05) is 32.0 Å². The summed E-state index contributed by atoms with van der Waals surface area (Å²) in [6.07, 6.45) is 0. The molecule has 0 spiro atoms. The van der Waals surface area contributed by atoms with Gasteiger partial charge in [0, 0.05) is 10.7 Å². The molecule has 1 saturated heterocycles. The summed E-state index contributed by atoms with van der Waals surface area (Å²) in [5.74, 6) is -0.0603. The first-order chi connectivity index (χ1) is 13.3. The average Bonchev–Trinajstić information content (AvgIpc) is 2.66. The Hall–Kier alpha value is -1.93. The number of hydrogen-bond donors (Lipinski definition) is 2. The van der Waals surface area contributed by atoms with E-state index >= 15 is 0 Å². The zero-order valence-electron chi connectivity index (χ0n) is 16.0. The topological polar surface area (TPSA) is 70.9 Å². The van der Waals surface area contributed by atoms with E-state index in [0.717, 1.165) is 21.7 Å². The molecule has 0 atom stereocenters. The van der Waals surface area contributed by atoms with Gasteiger partial charge in [-0.3, -0.25) is 4.79 Å². The van der Waals surface area contributed by atoms with Crippen LogP contribution in [0.1, 0.15) is 11.1 Å². The molecule has 1 aliphatic rings. The van der Waals surface area contributed by atoms with Crippen LogP contribution in [0.15, 0.2) is 47.4 Å². The maximum Gasteiger partial charge on any atom is 0.279 e. The minimum Gasteiger partial charge on any atom is -0.325 e. The Bertz CT molecular complexity index is 970. The van der Waals surface area contributed by atoms with Crippen LogP contribution in [0.2, 0.25) is 5.02 Å². The average molecular weight is 423 g/mol. The summed E-state index contributed by atoms with van der Waals surface area (Å²) in [7, 11) is -3.56. The van der Waals surface area contributed by atoms with Gasteiger partial charge in [-0.2, -0.15) is 4.31 Å². The molecule has 0 radical (unpaired) electrons. The normalized spacial score (nSPS) is 16.1. The largest absolute Gasteiger partial charge is 0.325 e. The minimum atomic E-state index is -3.56. The predicted octanol–water partition coefficient (Wildman–Crippen LogP) is 1.48. The van der Waals surface area contributed by atoms with Crippen molar-refractivity contribution in [2.75, 3.05) is 38.0 Å². The number of benzene rings is 2. The first kappa shape index (κ1) is 20.8.